The quantitative estimate of drug-likeness (QED) is 0.942. The first-order chi connectivity index (χ1) is 9.45. The molecular formula is C13H13ClN2O2S2. The van der Waals surface area contributed by atoms with Gasteiger partial charge in [-0.25, -0.2) is 18.1 Å². The van der Waals surface area contributed by atoms with Gasteiger partial charge in [0.1, 0.15) is 0 Å². The molecule has 0 amide bonds. The van der Waals surface area contributed by atoms with Crippen LogP contribution in [0.5, 0.6) is 0 Å². The Morgan fingerprint density at radius 3 is 2.40 bits per heavy atom. The Bertz CT molecular complexity index is 730. The van der Waals surface area contributed by atoms with Crippen LogP contribution < -0.4 is 4.72 Å². The zero-order chi connectivity index (χ0) is 14.3. The Kier molecular flexibility index (Phi) is 3.58. The fourth-order valence-electron chi connectivity index (χ4n) is 2.52. The standard InChI is InChI=1S/C13H13ClN2O2S2/c1-8-12(19-13(14)15-8)20(17,18)16-11-6-9-4-2-3-5-10(9)7-11/h2-5,11,16H,6-7H2,1H3. The van der Waals surface area contributed by atoms with Crippen molar-refractivity contribution in [3.63, 3.8) is 0 Å². The molecule has 7 heteroatoms. The van der Waals surface area contributed by atoms with Crippen LogP contribution in [0.1, 0.15) is 16.8 Å². The van der Waals surface area contributed by atoms with Crippen molar-refractivity contribution in [2.75, 3.05) is 0 Å². The highest BCUT2D eigenvalue weighted by molar-refractivity contribution is 7.91. The van der Waals surface area contributed by atoms with Crippen LogP contribution in [-0.2, 0) is 22.9 Å². The van der Waals surface area contributed by atoms with Gasteiger partial charge >= 0.3 is 0 Å². The molecule has 1 heterocycles. The first-order valence-corrected chi connectivity index (χ1v) is 8.85. The average Bonchev–Trinajstić information content (AvgIpc) is 2.91. The number of rotatable bonds is 3. The Labute approximate surface area is 126 Å². The van der Waals surface area contributed by atoms with Gasteiger partial charge in [-0.15, -0.1) is 0 Å². The largest absolute Gasteiger partial charge is 0.252 e. The van der Waals surface area contributed by atoms with Gasteiger partial charge in [-0.3, -0.25) is 0 Å². The molecule has 1 aliphatic rings. The average molecular weight is 329 g/mol. The minimum absolute atomic E-state index is 0.0994. The van der Waals surface area contributed by atoms with E-state index in [4.69, 9.17) is 11.6 Å². The number of aromatic nitrogens is 1. The van der Waals surface area contributed by atoms with E-state index in [0.717, 1.165) is 24.2 Å². The summed E-state index contributed by atoms with van der Waals surface area (Å²) in [6.07, 6.45) is 1.45. The number of thiazole rings is 1. The van der Waals surface area contributed by atoms with Crippen LogP contribution in [0.2, 0.25) is 4.47 Å². The second-order valence-electron chi connectivity index (χ2n) is 4.83. The van der Waals surface area contributed by atoms with E-state index in [1.54, 1.807) is 6.92 Å². The maximum atomic E-state index is 12.4. The van der Waals surface area contributed by atoms with Gasteiger partial charge in [-0.05, 0) is 30.9 Å². The van der Waals surface area contributed by atoms with Gasteiger partial charge in [0.05, 0.1) is 5.69 Å². The molecule has 0 saturated carbocycles. The molecule has 0 atom stereocenters. The van der Waals surface area contributed by atoms with Crippen molar-refractivity contribution < 1.29 is 8.42 Å². The predicted molar refractivity (Wildman–Crippen MR) is 79.8 cm³/mol. The molecule has 3 rings (SSSR count). The summed E-state index contributed by atoms with van der Waals surface area (Å²) < 4.78 is 28.0. The van der Waals surface area contributed by atoms with E-state index in [-0.39, 0.29) is 14.7 Å². The van der Waals surface area contributed by atoms with Crippen LogP contribution in [0, 0.1) is 6.92 Å². The molecule has 2 aromatic rings. The molecule has 0 unspecified atom stereocenters. The van der Waals surface area contributed by atoms with E-state index in [0.29, 0.717) is 5.69 Å². The minimum Gasteiger partial charge on any atom is -0.229 e. The summed E-state index contributed by atoms with van der Waals surface area (Å²) in [5.41, 5.74) is 2.86. The SMILES string of the molecule is Cc1nc(Cl)sc1S(=O)(=O)NC1Cc2ccccc2C1. The minimum atomic E-state index is -3.55. The van der Waals surface area contributed by atoms with Crippen molar-refractivity contribution >= 4 is 33.0 Å². The molecular weight excluding hydrogens is 316 g/mol. The Balaban J connectivity index is 1.81. The van der Waals surface area contributed by atoms with Gasteiger partial charge in [0, 0.05) is 6.04 Å². The molecule has 0 radical (unpaired) electrons. The summed E-state index contributed by atoms with van der Waals surface area (Å²) in [5, 5.41) is 0. The van der Waals surface area contributed by atoms with Crippen molar-refractivity contribution in [2.45, 2.75) is 30.0 Å². The highest BCUT2D eigenvalue weighted by atomic mass is 35.5. The summed E-state index contributed by atoms with van der Waals surface area (Å²) in [6, 6.07) is 7.93. The lowest BCUT2D eigenvalue weighted by Gasteiger charge is -2.11. The Morgan fingerprint density at radius 1 is 1.30 bits per heavy atom. The van der Waals surface area contributed by atoms with Gasteiger partial charge in [0.15, 0.2) is 8.68 Å². The van der Waals surface area contributed by atoms with Gasteiger partial charge in [0.25, 0.3) is 10.0 Å². The third-order valence-electron chi connectivity index (χ3n) is 3.34. The van der Waals surface area contributed by atoms with Crippen molar-refractivity contribution in [2.24, 2.45) is 0 Å². The smallest absolute Gasteiger partial charge is 0.229 e. The predicted octanol–water partition coefficient (Wildman–Crippen LogP) is 2.55. The van der Waals surface area contributed by atoms with Crippen LogP contribution in [0.15, 0.2) is 28.5 Å². The molecule has 0 saturated heterocycles. The fraction of sp³-hybridized carbons (Fsp3) is 0.308. The number of aryl methyl sites for hydroxylation is 1. The lowest BCUT2D eigenvalue weighted by molar-refractivity contribution is 0.557. The highest BCUT2D eigenvalue weighted by Gasteiger charge is 2.28. The summed E-state index contributed by atoms with van der Waals surface area (Å²) >= 11 is 6.77. The van der Waals surface area contributed by atoms with Gasteiger partial charge in [-0.1, -0.05) is 47.2 Å². The fourth-order valence-corrected chi connectivity index (χ4v) is 5.51. The molecule has 20 heavy (non-hydrogen) atoms. The van der Waals surface area contributed by atoms with E-state index < -0.39 is 10.0 Å². The van der Waals surface area contributed by atoms with Gasteiger partial charge < -0.3 is 0 Å². The molecule has 1 N–H and O–H groups in total. The number of hydrogen-bond acceptors (Lipinski definition) is 4. The maximum Gasteiger partial charge on any atom is 0.252 e. The second-order valence-corrected chi connectivity index (χ2v) is 8.33. The second kappa shape index (κ2) is 5.11. The monoisotopic (exact) mass is 328 g/mol. The Hall–Kier alpha value is -0.950. The third-order valence-corrected chi connectivity index (χ3v) is 6.74. The molecule has 0 fully saturated rings. The van der Waals surface area contributed by atoms with E-state index in [1.807, 2.05) is 24.3 Å². The van der Waals surface area contributed by atoms with E-state index in [2.05, 4.69) is 9.71 Å². The van der Waals surface area contributed by atoms with Crippen molar-refractivity contribution in [3.05, 3.63) is 45.6 Å². The first kappa shape index (κ1) is 14.0. The van der Waals surface area contributed by atoms with E-state index in [9.17, 15) is 8.42 Å². The number of fused-ring (bicyclic) bond motifs is 1. The summed E-state index contributed by atoms with van der Waals surface area (Å²) in [4.78, 5) is 3.96. The zero-order valence-electron chi connectivity index (χ0n) is 10.8. The molecule has 0 aliphatic heterocycles. The number of halogens is 1. The first-order valence-electron chi connectivity index (χ1n) is 6.18. The number of nitrogens with one attached hydrogen (secondary N) is 1. The third kappa shape index (κ3) is 2.61. The summed E-state index contributed by atoms with van der Waals surface area (Å²) in [7, 11) is -3.55. The van der Waals surface area contributed by atoms with Crippen LogP contribution in [0.25, 0.3) is 0 Å². The molecule has 4 nitrogen and oxygen atoms in total. The summed E-state index contributed by atoms with van der Waals surface area (Å²) in [6.45, 7) is 1.65. The van der Waals surface area contributed by atoms with Gasteiger partial charge in [-0.2, -0.15) is 0 Å². The molecule has 0 bridgehead atoms. The topological polar surface area (TPSA) is 59.1 Å². The van der Waals surface area contributed by atoms with Crippen molar-refractivity contribution in [1.82, 2.24) is 9.71 Å². The van der Waals surface area contributed by atoms with Crippen LogP contribution in [0.3, 0.4) is 0 Å². The zero-order valence-corrected chi connectivity index (χ0v) is 13.1. The van der Waals surface area contributed by atoms with Crippen LogP contribution >= 0.6 is 22.9 Å². The Morgan fingerprint density at radius 2 is 1.90 bits per heavy atom. The molecule has 1 aromatic carbocycles. The lowest BCUT2D eigenvalue weighted by atomic mass is 10.1. The van der Waals surface area contributed by atoms with Crippen LogP contribution in [-0.4, -0.2) is 19.4 Å². The highest BCUT2D eigenvalue weighted by Crippen LogP contribution is 2.28. The summed E-state index contributed by atoms with van der Waals surface area (Å²) in [5.74, 6) is 0. The molecule has 106 valence electrons. The van der Waals surface area contributed by atoms with E-state index in [1.165, 1.54) is 11.1 Å². The molecule has 0 spiro atoms. The van der Waals surface area contributed by atoms with E-state index >= 15 is 0 Å². The normalized spacial score (nSPS) is 15.5. The number of nitrogens with zero attached hydrogens (tertiary/aromatic N) is 1. The number of benzene rings is 1. The molecule has 1 aromatic heterocycles. The molecule has 1 aliphatic carbocycles. The van der Waals surface area contributed by atoms with Crippen LogP contribution in [0.4, 0.5) is 0 Å². The lowest BCUT2D eigenvalue weighted by Crippen LogP contribution is -2.35. The maximum absolute atomic E-state index is 12.4. The number of hydrogen-bond donors (Lipinski definition) is 1. The number of sulfonamides is 1. The van der Waals surface area contributed by atoms with Crippen molar-refractivity contribution in [1.29, 1.82) is 0 Å². The van der Waals surface area contributed by atoms with Gasteiger partial charge in [0.2, 0.25) is 0 Å². The van der Waals surface area contributed by atoms with Crippen molar-refractivity contribution in [3.8, 4) is 0 Å².